The van der Waals surface area contributed by atoms with Crippen LogP contribution in [0.25, 0.3) is 0 Å². The smallest absolute Gasteiger partial charge is 0.0937 e. The third-order valence-electron chi connectivity index (χ3n) is 4.47. The second-order valence-electron chi connectivity index (χ2n) is 5.52. The van der Waals surface area contributed by atoms with E-state index in [9.17, 15) is 0 Å². The Balaban J connectivity index is 1.59. The number of piperazine rings is 1. The molecule has 3 nitrogen and oxygen atoms in total. The monoisotopic (exact) mass is 265 g/mol. The van der Waals surface area contributed by atoms with Gasteiger partial charge < -0.3 is 0 Å². The van der Waals surface area contributed by atoms with Crippen molar-refractivity contribution in [2.24, 2.45) is 0 Å². The SMILES string of the molecule is CCC1CN2CCCC2CN1CCc1nccs1. The topological polar surface area (TPSA) is 19.4 Å². The summed E-state index contributed by atoms with van der Waals surface area (Å²) >= 11 is 1.79. The van der Waals surface area contributed by atoms with Gasteiger partial charge in [0.2, 0.25) is 0 Å². The molecule has 0 amide bonds. The molecule has 100 valence electrons. The van der Waals surface area contributed by atoms with Crippen LogP contribution in [0.1, 0.15) is 31.2 Å². The highest BCUT2D eigenvalue weighted by Gasteiger charge is 2.35. The quantitative estimate of drug-likeness (QED) is 0.832. The molecule has 0 N–H and O–H groups in total. The molecule has 0 bridgehead atoms. The highest BCUT2D eigenvalue weighted by atomic mass is 32.1. The van der Waals surface area contributed by atoms with Gasteiger partial charge >= 0.3 is 0 Å². The van der Waals surface area contributed by atoms with Crippen LogP contribution in [0.2, 0.25) is 0 Å². The van der Waals surface area contributed by atoms with Crippen molar-refractivity contribution >= 4 is 11.3 Å². The van der Waals surface area contributed by atoms with Crippen LogP contribution in [-0.4, -0.2) is 53.0 Å². The number of rotatable bonds is 4. The minimum atomic E-state index is 0.763. The second-order valence-corrected chi connectivity index (χ2v) is 6.50. The molecule has 4 heteroatoms. The van der Waals surface area contributed by atoms with Crippen LogP contribution >= 0.6 is 11.3 Å². The van der Waals surface area contributed by atoms with E-state index in [1.54, 1.807) is 11.3 Å². The molecule has 2 atom stereocenters. The van der Waals surface area contributed by atoms with Gasteiger partial charge in [-0.2, -0.15) is 0 Å². The average molecular weight is 265 g/mol. The molecule has 0 aliphatic carbocycles. The molecular weight excluding hydrogens is 242 g/mol. The van der Waals surface area contributed by atoms with Gasteiger partial charge in [0.05, 0.1) is 5.01 Å². The maximum absolute atomic E-state index is 4.40. The summed E-state index contributed by atoms with van der Waals surface area (Å²) in [6, 6.07) is 1.60. The van der Waals surface area contributed by atoms with Gasteiger partial charge in [0.1, 0.15) is 0 Å². The lowest BCUT2D eigenvalue weighted by Gasteiger charge is -2.43. The van der Waals surface area contributed by atoms with E-state index >= 15 is 0 Å². The molecule has 1 aromatic heterocycles. The van der Waals surface area contributed by atoms with E-state index in [-0.39, 0.29) is 0 Å². The summed E-state index contributed by atoms with van der Waals surface area (Å²) in [7, 11) is 0. The Labute approximate surface area is 114 Å². The van der Waals surface area contributed by atoms with Crippen molar-refractivity contribution in [2.75, 3.05) is 26.2 Å². The average Bonchev–Trinajstić information content (AvgIpc) is 3.05. The predicted molar refractivity (Wildman–Crippen MR) is 76.1 cm³/mol. The van der Waals surface area contributed by atoms with Gasteiger partial charge in [0.25, 0.3) is 0 Å². The first kappa shape index (κ1) is 12.6. The van der Waals surface area contributed by atoms with Crippen molar-refractivity contribution in [3.05, 3.63) is 16.6 Å². The van der Waals surface area contributed by atoms with E-state index in [1.165, 1.54) is 50.4 Å². The molecule has 18 heavy (non-hydrogen) atoms. The Morgan fingerprint density at radius 1 is 1.44 bits per heavy atom. The summed E-state index contributed by atoms with van der Waals surface area (Å²) in [5.74, 6) is 0. The summed E-state index contributed by atoms with van der Waals surface area (Å²) < 4.78 is 0. The second kappa shape index (κ2) is 5.68. The number of fused-ring (bicyclic) bond motifs is 1. The Hall–Kier alpha value is -0.450. The Morgan fingerprint density at radius 2 is 2.39 bits per heavy atom. The van der Waals surface area contributed by atoms with Gasteiger partial charge in [-0.15, -0.1) is 11.3 Å². The Morgan fingerprint density at radius 3 is 3.17 bits per heavy atom. The highest BCUT2D eigenvalue weighted by molar-refractivity contribution is 7.09. The maximum atomic E-state index is 4.40. The van der Waals surface area contributed by atoms with Gasteiger partial charge in [0, 0.05) is 49.7 Å². The molecular formula is C14H23N3S. The van der Waals surface area contributed by atoms with Gasteiger partial charge in [-0.05, 0) is 25.8 Å². The number of hydrogen-bond acceptors (Lipinski definition) is 4. The van der Waals surface area contributed by atoms with E-state index in [2.05, 4.69) is 27.1 Å². The molecule has 0 spiro atoms. The predicted octanol–water partition coefficient (Wildman–Crippen LogP) is 2.24. The molecule has 0 aromatic carbocycles. The number of aromatic nitrogens is 1. The van der Waals surface area contributed by atoms with Crippen LogP contribution in [0.4, 0.5) is 0 Å². The van der Waals surface area contributed by atoms with Gasteiger partial charge in [0.15, 0.2) is 0 Å². The van der Waals surface area contributed by atoms with Crippen molar-refractivity contribution in [1.82, 2.24) is 14.8 Å². The minimum Gasteiger partial charge on any atom is -0.298 e. The Bertz CT molecular complexity index is 365. The van der Waals surface area contributed by atoms with Gasteiger partial charge in [-0.1, -0.05) is 6.92 Å². The van der Waals surface area contributed by atoms with E-state index in [4.69, 9.17) is 0 Å². The van der Waals surface area contributed by atoms with Crippen LogP contribution in [0.15, 0.2) is 11.6 Å². The molecule has 2 fully saturated rings. The molecule has 3 rings (SSSR count). The van der Waals surface area contributed by atoms with Crippen molar-refractivity contribution in [3.63, 3.8) is 0 Å². The van der Waals surface area contributed by atoms with Crippen molar-refractivity contribution in [2.45, 2.75) is 44.7 Å². The van der Waals surface area contributed by atoms with E-state index < -0.39 is 0 Å². The molecule has 2 unspecified atom stereocenters. The van der Waals surface area contributed by atoms with Crippen LogP contribution in [0, 0.1) is 0 Å². The summed E-state index contributed by atoms with van der Waals surface area (Å²) in [4.78, 5) is 9.83. The van der Waals surface area contributed by atoms with Crippen molar-refractivity contribution in [1.29, 1.82) is 0 Å². The zero-order chi connectivity index (χ0) is 12.4. The minimum absolute atomic E-state index is 0.763. The molecule has 2 saturated heterocycles. The maximum Gasteiger partial charge on any atom is 0.0937 e. The van der Waals surface area contributed by atoms with Crippen LogP contribution < -0.4 is 0 Å². The van der Waals surface area contributed by atoms with Crippen LogP contribution in [0.5, 0.6) is 0 Å². The molecule has 0 saturated carbocycles. The first-order chi connectivity index (χ1) is 8.86. The molecule has 0 radical (unpaired) electrons. The molecule has 3 heterocycles. The fraction of sp³-hybridized carbons (Fsp3) is 0.786. The van der Waals surface area contributed by atoms with Crippen molar-refractivity contribution in [3.8, 4) is 0 Å². The third kappa shape index (κ3) is 2.60. The standard InChI is InChI=1S/C14H23N3S/c1-2-12-10-16-7-3-4-13(16)11-17(12)8-5-14-15-6-9-18-14/h6,9,12-13H,2-5,7-8,10-11H2,1H3. The normalized spacial score (nSPS) is 29.6. The summed E-state index contributed by atoms with van der Waals surface area (Å²) in [6.07, 6.45) is 7.14. The first-order valence-corrected chi connectivity index (χ1v) is 8.11. The zero-order valence-electron chi connectivity index (χ0n) is 11.2. The Kier molecular flexibility index (Phi) is 3.97. The van der Waals surface area contributed by atoms with Gasteiger partial charge in [-0.3, -0.25) is 9.80 Å². The lowest BCUT2D eigenvalue weighted by Crippen LogP contribution is -2.56. The largest absolute Gasteiger partial charge is 0.298 e. The summed E-state index contributed by atoms with van der Waals surface area (Å²) in [5.41, 5.74) is 0. The molecule has 1 aromatic rings. The highest BCUT2D eigenvalue weighted by Crippen LogP contribution is 2.26. The van der Waals surface area contributed by atoms with E-state index in [0.29, 0.717) is 0 Å². The molecule has 2 aliphatic heterocycles. The molecule has 2 aliphatic rings. The number of nitrogens with zero attached hydrogens (tertiary/aromatic N) is 3. The zero-order valence-corrected chi connectivity index (χ0v) is 12.0. The summed E-state index contributed by atoms with van der Waals surface area (Å²) in [6.45, 7) is 7.43. The lowest BCUT2D eigenvalue weighted by atomic mass is 10.0. The fourth-order valence-electron chi connectivity index (χ4n) is 3.43. The first-order valence-electron chi connectivity index (χ1n) is 7.23. The number of hydrogen-bond donors (Lipinski definition) is 0. The van der Waals surface area contributed by atoms with Crippen LogP contribution in [0.3, 0.4) is 0 Å². The fourth-order valence-corrected chi connectivity index (χ4v) is 4.03. The van der Waals surface area contributed by atoms with E-state index in [0.717, 1.165) is 18.5 Å². The number of thiazole rings is 1. The summed E-state index contributed by atoms with van der Waals surface area (Å²) in [5, 5.41) is 3.38. The third-order valence-corrected chi connectivity index (χ3v) is 5.31. The van der Waals surface area contributed by atoms with Crippen molar-refractivity contribution < 1.29 is 0 Å². The van der Waals surface area contributed by atoms with Gasteiger partial charge in [-0.25, -0.2) is 4.98 Å². The van der Waals surface area contributed by atoms with Crippen LogP contribution in [-0.2, 0) is 6.42 Å². The lowest BCUT2D eigenvalue weighted by molar-refractivity contribution is 0.0501. The van der Waals surface area contributed by atoms with E-state index in [1.807, 2.05) is 6.20 Å².